The maximum Gasteiger partial charge on any atom is 0.258 e. The predicted octanol–water partition coefficient (Wildman–Crippen LogP) is 5.34. The highest BCUT2D eigenvalue weighted by molar-refractivity contribution is 6.07. The van der Waals surface area contributed by atoms with Crippen LogP contribution in [0.25, 0.3) is 0 Å². The second kappa shape index (κ2) is 8.66. The van der Waals surface area contributed by atoms with Crippen LogP contribution in [-0.2, 0) is 12.0 Å². The number of fused-ring (bicyclic) bond motifs is 2. The van der Waals surface area contributed by atoms with E-state index in [0.717, 1.165) is 55.9 Å². The molecule has 2 aliphatic rings. The molecule has 34 heavy (non-hydrogen) atoms. The van der Waals surface area contributed by atoms with Gasteiger partial charge in [0.25, 0.3) is 5.91 Å². The van der Waals surface area contributed by atoms with E-state index in [2.05, 4.69) is 17.0 Å². The second-order valence-electron chi connectivity index (χ2n) is 9.41. The summed E-state index contributed by atoms with van der Waals surface area (Å²) in [6.07, 6.45) is 1.81. The summed E-state index contributed by atoms with van der Waals surface area (Å²) in [4.78, 5) is 17.5. The summed E-state index contributed by atoms with van der Waals surface area (Å²) in [5.41, 5.74) is 5.00. The van der Waals surface area contributed by atoms with E-state index in [9.17, 15) is 13.6 Å². The lowest BCUT2D eigenvalue weighted by Gasteiger charge is -2.40. The summed E-state index contributed by atoms with van der Waals surface area (Å²) in [6.45, 7) is 5.18. The first-order valence-corrected chi connectivity index (χ1v) is 11.5. The number of piperidine rings is 1. The predicted molar refractivity (Wildman–Crippen MR) is 127 cm³/mol. The molecule has 0 aliphatic carbocycles. The molecule has 0 bridgehead atoms. The van der Waals surface area contributed by atoms with E-state index in [1.165, 1.54) is 17.2 Å². The molecule has 1 amide bonds. The zero-order valence-electron chi connectivity index (χ0n) is 19.0. The van der Waals surface area contributed by atoms with Crippen LogP contribution < -0.4 is 4.90 Å². The molecule has 6 heteroatoms. The molecule has 0 N–H and O–H groups in total. The minimum Gasteiger partial charge on any atom is -0.307 e. The van der Waals surface area contributed by atoms with Crippen molar-refractivity contribution in [3.8, 4) is 6.07 Å². The van der Waals surface area contributed by atoms with Gasteiger partial charge in [0.05, 0.1) is 11.6 Å². The summed E-state index contributed by atoms with van der Waals surface area (Å²) in [5, 5.41) is 9.00. The molecule has 0 unspecified atom stereocenters. The van der Waals surface area contributed by atoms with Gasteiger partial charge in [-0.15, -0.1) is 0 Å². The van der Waals surface area contributed by atoms with E-state index in [1.54, 1.807) is 4.90 Å². The molecule has 1 spiro atoms. The number of nitrogens with zero attached hydrogens (tertiary/aromatic N) is 3. The molecule has 0 saturated carbocycles. The molecule has 1 fully saturated rings. The average Bonchev–Trinajstić information content (AvgIpc) is 3.15. The Balaban J connectivity index is 1.37. The van der Waals surface area contributed by atoms with Gasteiger partial charge >= 0.3 is 0 Å². The van der Waals surface area contributed by atoms with Crippen molar-refractivity contribution < 1.29 is 13.6 Å². The molecule has 1 saturated heterocycles. The number of benzene rings is 3. The van der Waals surface area contributed by atoms with Crippen molar-refractivity contribution in [3.05, 3.63) is 100 Å². The number of carbonyl (C=O) groups excluding carboxylic acids is 1. The Labute approximate surface area is 198 Å². The Bertz CT molecular complexity index is 1290. The first-order chi connectivity index (χ1) is 16.4. The van der Waals surface area contributed by atoms with E-state index < -0.39 is 11.6 Å². The van der Waals surface area contributed by atoms with E-state index in [0.29, 0.717) is 12.1 Å². The number of aryl methyl sites for hydroxylation is 1. The molecule has 0 radical (unpaired) electrons. The topological polar surface area (TPSA) is 47.3 Å². The van der Waals surface area contributed by atoms with Crippen LogP contribution in [0.4, 0.5) is 14.5 Å². The van der Waals surface area contributed by atoms with Crippen LogP contribution in [0.3, 0.4) is 0 Å². The summed E-state index contributed by atoms with van der Waals surface area (Å²) < 4.78 is 27.2. The SMILES string of the molecule is Cc1ccc2c(c1)C1(CCN(Cc3ccc(C#N)cc3)CC1)CN2C(=O)c1ccc(F)c(F)c1. The highest BCUT2D eigenvalue weighted by atomic mass is 19.2. The Morgan fingerprint density at radius 1 is 1.00 bits per heavy atom. The van der Waals surface area contributed by atoms with Gasteiger partial charge in [-0.2, -0.15) is 5.26 Å². The van der Waals surface area contributed by atoms with Gasteiger partial charge in [0.15, 0.2) is 11.6 Å². The van der Waals surface area contributed by atoms with Crippen LogP contribution in [0.15, 0.2) is 60.7 Å². The van der Waals surface area contributed by atoms with Gasteiger partial charge in [-0.25, -0.2) is 8.78 Å². The molecule has 4 nitrogen and oxygen atoms in total. The van der Waals surface area contributed by atoms with E-state index in [-0.39, 0.29) is 16.9 Å². The lowest BCUT2D eigenvalue weighted by Crippen LogP contribution is -2.45. The smallest absolute Gasteiger partial charge is 0.258 e. The second-order valence-corrected chi connectivity index (χ2v) is 9.41. The zero-order chi connectivity index (χ0) is 23.9. The molecule has 2 aliphatic heterocycles. The highest BCUT2D eigenvalue weighted by Crippen LogP contribution is 2.48. The zero-order valence-corrected chi connectivity index (χ0v) is 19.0. The maximum absolute atomic E-state index is 13.8. The highest BCUT2D eigenvalue weighted by Gasteiger charge is 2.46. The van der Waals surface area contributed by atoms with Crippen molar-refractivity contribution in [2.75, 3.05) is 24.5 Å². The van der Waals surface area contributed by atoms with Gasteiger partial charge in [-0.1, -0.05) is 29.8 Å². The van der Waals surface area contributed by atoms with Gasteiger partial charge in [-0.3, -0.25) is 9.69 Å². The van der Waals surface area contributed by atoms with Gasteiger partial charge in [-0.05, 0) is 80.4 Å². The van der Waals surface area contributed by atoms with Gasteiger partial charge < -0.3 is 4.90 Å². The minimum atomic E-state index is -1.01. The van der Waals surface area contributed by atoms with E-state index in [4.69, 9.17) is 5.26 Å². The number of amides is 1. The first kappa shape index (κ1) is 22.2. The lowest BCUT2D eigenvalue weighted by atomic mass is 9.74. The molecule has 172 valence electrons. The van der Waals surface area contributed by atoms with Crippen molar-refractivity contribution >= 4 is 11.6 Å². The summed E-state index contributed by atoms with van der Waals surface area (Å²) in [7, 11) is 0. The largest absolute Gasteiger partial charge is 0.307 e. The number of nitriles is 1. The summed E-state index contributed by atoms with van der Waals surface area (Å²) in [5.74, 6) is -2.28. The van der Waals surface area contributed by atoms with Crippen molar-refractivity contribution in [2.45, 2.75) is 31.7 Å². The summed E-state index contributed by atoms with van der Waals surface area (Å²) in [6, 6.07) is 19.3. The van der Waals surface area contributed by atoms with E-state index >= 15 is 0 Å². The molecule has 0 aromatic heterocycles. The Morgan fingerprint density at radius 2 is 1.74 bits per heavy atom. The number of hydrogen-bond donors (Lipinski definition) is 0. The third-order valence-electron chi connectivity index (χ3n) is 7.19. The molecule has 5 rings (SSSR count). The fourth-order valence-electron chi connectivity index (χ4n) is 5.26. The molecule has 0 atom stereocenters. The minimum absolute atomic E-state index is 0.153. The first-order valence-electron chi connectivity index (χ1n) is 11.5. The molecular weight excluding hydrogens is 432 g/mol. The van der Waals surface area contributed by atoms with Gasteiger partial charge in [0.2, 0.25) is 0 Å². The monoisotopic (exact) mass is 457 g/mol. The quantitative estimate of drug-likeness (QED) is 0.534. The number of anilines is 1. The van der Waals surface area contributed by atoms with Gasteiger partial charge in [0, 0.05) is 29.8 Å². The standard InChI is InChI=1S/C28H25F2N3O/c1-19-2-9-26-23(14-19)28(18-33(26)27(34)22-7-8-24(29)25(30)15-22)10-12-32(13-11-28)17-21-5-3-20(16-31)4-6-21/h2-9,14-15H,10-13,17-18H2,1H3. The van der Waals surface area contributed by atoms with Crippen LogP contribution in [0.5, 0.6) is 0 Å². The summed E-state index contributed by atoms with van der Waals surface area (Å²) >= 11 is 0. The number of carbonyl (C=O) groups is 1. The molecular formula is C28H25F2N3O. The number of hydrogen-bond acceptors (Lipinski definition) is 3. The van der Waals surface area contributed by atoms with Crippen LogP contribution in [0, 0.1) is 29.9 Å². The molecule has 3 aromatic rings. The van der Waals surface area contributed by atoms with Crippen LogP contribution in [0.1, 0.15) is 45.5 Å². The van der Waals surface area contributed by atoms with Crippen molar-refractivity contribution in [2.24, 2.45) is 0 Å². The van der Waals surface area contributed by atoms with Crippen molar-refractivity contribution in [3.63, 3.8) is 0 Å². The number of rotatable bonds is 3. The molecule has 2 heterocycles. The van der Waals surface area contributed by atoms with E-state index in [1.807, 2.05) is 43.3 Å². The van der Waals surface area contributed by atoms with Crippen LogP contribution in [-0.4, -0.2) is 30.4 Å². The Kier molecular flexibility index (Phi) is 5.66. The Hall–Kier alpha value is -3.56. The maximum atomic E-state index is 13.8. The van der Waals surface area contributed by atoms with Crippen LogP contribution >= 0.6 is 0 Å². The lowest BCUT2D eigenvalue weighted by molar-refractivity contribution is 0.0975. The van der Waals surface area contributed by atoms with Gasteiger partial charge in [0.1, 0.15) is 0 Å². The number of likely N-dealkylation sites (tertiary alicyclic amines) is 1. The number of halogens is 2. The van der Waals surface area contributed by atoms with Crippen LogP contribution in [0.2, 0.25) is 0 Å². The fourth-order valence-corrected chi connectivity index (χ4v) is 5.26. The third-order valence-corrected chi connectivity index (χ3v) is 7.19. The van der Waals surface area contributed by atoms with Crippen molar-refractivity contribution in [1.29, 1.82) is 5.26 Å². The third kappa shape index (κ3) is 3.97. The fraction of sp³-hybridized carbons (Fsp3) is 0.286. The normalized spacial score (nSPS) is 16.9. The molecule has 3 aromatic carbocycles. The Morgan fingerprint density at radius 3 is 2.41 bits per heavy atom. The average molecular weight is 458 g/mol. The van der Waals surface area contributed by atoms with Crippen molar-refractivity contribution in [1.82, 2.24) is 4.90 Å².